The molecule has 3 aromatic rings. The first-order valence-electron chi connectivity index (χ1n) is 8.97. The standard InChI is InChI=1S/C21H21BrClN3O2/c1-15-19(23)13-26(25-15)12-4-11-24-21(27)17-9-7-16(8-10-17)14-28-20-6-3-2-5-18(20)22/h2-3,5-10,13H,4,11-12,14H2,1H3,(H,24,27). The third-order valence-corrected chi connectivity index (χ3v) is 5.21. The van der Waals surface area contributed by atoms with Crippen LogP contribution in [0.15, 0.2) is 59.2 Å². The predicted molar refractivity (Wildman–Crippen MR) is 114 cm³/mol. The lowest BCUT2D eigenvalue weighted by Gasteiger charge is -2.09. The van der Waals surface area contributed by atoms with Crippen LogP contribution in [0, 0.1) is 6.92 Å². The quantitative estimate of drug-likeness (QED) is 0.479. The van der Waals surface area contributed by atoms with Gasteiger partial charge in [0.2, 0.25) is 0 Å². The summed E-state index contributed by atoms with van der Waals surface area (Å²) in [5.41, 5.74) is 2.44. The molecule has 1 aromatic heterocycles. The van der Waals surface area contributed by atoms with Crippen molar-refractivity contribution in [2.75, 3.05) is 6.54 Å². The largest absolute Gasteiger partial charge is 0.488 e. The van der Waals surface area contributed by atoms with Gasteiger partial charge in [0.25, 0.3) is 5.91 Å². The maximum atomic E-state index is 12.3. The topological polar surface area (TPSA) is 56.2 Å². The maximum absolute atomic E-state index is 12.3. The van der Waals surface area contributed by atoms with Crippen LogP contribution in [0.1, 0.15) is 28.0 Å². The molecular formula is C21H21BrClN3O2. The molecule has 0 aliphatic heterocycles. The highest BCUT2D eigenvalue weighted by atomic mass is 79.9. The molecule has 7 heteroatoms. The fourth-order valence-corrected chi connectivity index (χ4v) is 3.18. The van der Waals surface area contributed by atoms with Gasteiger partial charge in [-0.15, -0.1) is 0 Å². The number of amides is 1. The molecule has 0 fully saturated rings. The molecule has 0 radical (unpaired) electrons. The number of aryl methyl sites for hydroxylation is 2. The lowest BCUT2D eigenvalue weighted by Crippen LogP contribution is -2.25. The molecule has 1 heterocycles. The number of carbonyl (C=O) groups excluding carboxylic acids is 1. The van der Waals surface area contributed by atoms with E-state index in [1.807, 2.05) is 55.5 Å². The molecule has 0 atom stereocenters. The summed E-state index contributed by atoms with van der Waals surface area (Å²) in [6.45, 7) is 3.59. The van der Waals surface area contributed by atoms with Crippen LogP contribution in [0.25, 0.3) is 0 Å². The van der Waals surface area contributed by atoms with Crippen molar-refractivity contribution in [1.29, 1.82) is 0 Å². The zero-order chi connectivity index (χ0) is 19.9. The molecule has 146 valence electrons. The van der Waals surface area contributed by atoms with E-state index in [0.717, 1.165) is 27.9 Å². The number of halogens is 2. The van der Waals surface area contributed by atoms with E-state index >= 15 is 0 Å². The Hall–Kier alpha value is -2.31. The van der Waals surface area contributed by atoms with Gasteiger partial charge in [-0.1, -0.05) is 35.9 Å². The molecule has 0 saturated heterocycles. The number of nitrogens with zero attached hydrogens (tertiary/aromatic N) is 2. The minimum atomic E-state index is -0.0899. The van der Waals surface area contributed by atoms with E-state index in [9.17, 15) is 4.79 Å². The molecule has 0 aliphatic carbocycles. The van der Waals surface area contributed by atoms with Crippen LogP contribution in [0.4, 0.5) is 0 Å². The maximum Gasteiger partial charge on any atom is 0.251 e. The van der Waals surface area contributed by atoms with Crippen molar-refractivity contribution in [2.45, 2.75) is 26.5 Å². The molecule has 1 amide bonds. The summed E-state index contributed by atoms with van der Waals surface area (Å²) in [5.74, 6) is 0.700. The van der Waals surface area contributed by atoms with Gasteiger partial charge in [0.05, 0.1) is 15.2 Å². The molecular weight excluding hydrogens is 442 g/mol. The van der Waals surface area contributed by atoms with Crippen molar-refractivity contribution in [3.8, 4) is 5.75 Å². The lowest BCUT2D eigenvalue weighted by atomic mass is 10.1. The van der Waals surface area contributed by atoms with E-state index in [1.54, 1.807) is 10.9 Å². The van der Waals surface area contributed by atoms with Crippen molar-refractivity contribution in [3.63, 3.8) is 0 Å². The third-order valence-electron chi connectivity index (χ3n) is 4.18. The summed E-state index contributed by atoms with van der Waals surface area (Å²) in [6, 6.07) is 15.1. The monoisotopic (exact) mass is 461 g/mol. The second-order valence-electron chi connectivity index (χ2n) is 6.35. The van der Waals surface area contributed by atoms with Crippen LogP contribution in [0.3, 0.4) is 0 Å². The third kappa shape index (κ3) is 5.59. The fourth-order valence-electron chi connectivity index (χ4n) is 2.63. The molecule has 2 aromatic carbocycles. The van der Waals surface area contributed by atoms with Crippen LogP contribution in [-0.4, -0.2) is 22.2 Å². The summed E-state index contributed by atoms with van der Waals surface area (Å²) in [5, 5.41) is 7.88. The minimum absolute atomic E-state index is 0.0899. The predicted octanol–water partition coefficient (Wildman–Crippen LogP) is 5.01. The first-order chi connectivity index (χ1) is 13.5. The number of aromatic nitrogens is 2. The Morgan fingerprint density at radius 3 is 2.64 bits per heavy atom. The average Bonchev–Trinajstić information content (AvgIpc) is 3.02. The first kappa shape index (κ1) is 20.4. The van der Waals surface area contributed by atoms with Gasteiger partial charge in [0.15, 0.2) is 0 Å². The van der Waals surface area contributed by atoms with E-state index in [-0.39, 0.29) is 5.91 Å². The molecule has 3 rings (SSSR count). The second-order valence-corrected chi connectivity index (χ2v) is 7.61. The molecule has 5 nitrogen and oxygen atoms in total. The summed E-state index contributed by atoms with van der Waals surface area (Å²) >= 11 is 9.45. The van der Waals surface area contributed by atoms with Crippen LogP contribution in [-0.2, 0) is 13.2 Å². The normalized spacial score (nSPS) is 10.7. The number of para-hydroxylation sites is 1. The second kappa shape index (κ2) is 9.75. The highest BCUT2D eigenvalue weighted by molar-refractivity contribution is 9.10. The van der Waals surface area contributed by atoms with Gasteiger partial charge >= 0.3 is 0 Å². The van der Waals surface area contributed by atoms with Crippen LogP contribution in [0.2, 0.25) is 5.02 Å². The van der Waals surface area contributed by atoms with E-state index in [2.05, 4.69) is 26.3 Å². The Kier molecular flexibility index (Phi) is 7.12. The van der Waals surface area contributed by atoms with Crippen LogP contribution in [0.5, 0.6) is 5.75 Å². The smallest absolute Gasteiger partial charge is 0.251 e. The van der Waals surface area contributed by atoms with Gasteiger partial charge < -0.3 is 10.1 Å². The van der Waals surface area contributed by atoms with E-state index in [1.165, 1.54) is 0 Å². The van der Waals surface area contributed by atoms with Gasteiger partial charge in [-0.25, -0.2) is 0 Å². The Morgan fingerprint density at radius 1 is 1.21 bits per heavy atom. The number of benzene rings is 2. The van der Waals surface area contributed by atoms with Crippen molar-refractivity contribution in [2.24, 2.45) is 0 Å². The van der Waals surface area contributed by atoms with Gasteiger partial charge in [-0.3, -0.25) is 9.48 Å². The van der Waals surface area contributed by atoms with Crippen molar-refractivity contribution < 1.29 is 9.53 Å². The summed E-state index contributed by atoms with van der Waals surface area (Å²) in [6.07, 6.45) is 2.58. The molecule has 0 aliphatic rings. The van der Waals surface area contributed by atoms with Gasteiger partial charge in [-0.05, 0) is 59.1 Å². The molecule has 0 saturated carbocycles. The number of hydrogen-bond acceptors (Lipinski definition) is 3. The average molecular weight is 463 g/mol. The summed E-state index contributed by atoms with van der Waals surface area (Å²) in [7, 11) is 0. The summed E-state index contributed by atoms with van der Waals surface area (Å²) < 4.78 is 8.50. The lowest BCUT2D eigenvalue weighted by molar-refractivity contribution is 0.0952. The van der Waals surface area contributed by atoms with E-state index < -0.39 is 0 Å². The Balaban J connectivity index is 1.43. The van der Waals surface area contributed by atoms with Gasteiger partial charge in [-0.2, -0.15) is 5.10 Å². The van der Waals surface area contributed by atoms with Crippen molar-refractivity contribution >= 4 is 33.4 Å². The molecule has 0 spiro atoms. The van der Waals surface area contributed by atoms with Crippen LogP contribution >= 0.6 is 27.5 Å². The number of nitrogens with one attached hydrogen (secondary N) is 1. The number of rotatable bonds is 8. The highest BCUT2D eigenvalue weighted by Crippen LogP contribution is 2.24. The highest BCUT2D eigenvalue weighted by Gasteiger charge is 2.06. The zero-order valence-electron chi connectivity index (χ0n) is 15.5. The van der Waals surface area contributed by atoms with E-state index in [4.69, 9.17) is 16.3 Å². The number of hydrogen-bond donors (Lipinski definition) is 1. The number of carbonyl (C=O) groups is 1. The number of ether oxygens (including phenoxy) is 1. The SMILES string of the molecule is Cc1nn(CCCNC(=O)c2ccc(COc3ccccc3Br)cc2)cc1Cl. The molecule has 0 unspecified atom stereocenters. The van der Waals surface area contributed by atoms with Crippen LogP contribution < -0.4 is 10.1 Å². The molecule has 1 N–H and O–H groups in total. The summed E-state index contributed by atoms with van der Waals surface area (Å²) in [4.78, 5) is 12.3. The van der Waals surface area contributed by atoms with E-state index in [0.29, 0.717) is 30.3 Å². The van der Waals surface area contributed by atoms with Crippen molar-refractivity contribution in [1.82, 2.24) is 15.1 Å². The van der Waals surface area contributed by atoms with Crippen molar-refractivity contribution in [3.05, 3.63) is 81.0 Å². The fraction of sp³-hybridized carbons (Fsp3) is 0.238. The zero-order valence-corrected chi connectivity index (χ0v) is 17.8. The van der Waals surface area contributed by atoms with Gasteiger partial charge in [0.1, 0.15) is 12.4 Å². The minimum Gasteiger partial charge on any atom is -0.488 e. The Labute approximate surface area is 177 Å². The van der Waals surface area contributed by atoms with Gasteiger partial charge in [0, 0.05) is 24.8 Å². The Morgan fingerprint density at radius 2 is 1.96 bits per heavy atom. The molecule has 28 heavy (non-hydrogen) atoms. The Bertz CT molecular complexity index is 922. The first-order valence-corrected chi connectivity index (χ1v) is 10.1. The molecule has 0 bridgehead atoms.